The fourth-order valence-corrected chi connectivity index (χ4v) is 3.99. The Labute approximate surface area is 172 Å². The summed E-state index contributed by atoms with van der Waals surface area (Å²) in [5.41, 5.74) is 4.89. The molecule has 1 aromatic carbocycles. The van der Waals surface area contributed by atoms with Crippen molar-refractivity contribution in [1.82, 2.24) is 10.6 Å². The van der Waals surface area contributed by atoms with E-state index in [0.717, 1.165) is 40.9 Å². The number of aryl methyl sites for hydroxylation is 1. The predicted molar refractivity (Wildman–Crippen MR) is 112 cm³/mol. The molecule has 2 atom stereocenters. The Morgan fingerprint density at radius 2 is 2.11 bits per heavy atom. The molecule has 0 spiro atoms. The van der Waals surface area contributed by atoms with E-state index in [2.05, 4.69) is 48.8 Å². The van der Waals surface area contributed by atoms with Crippen molar-refractivity contribution in [2.45, 2.75) is 46.1 Å². The first kappa shape index (κ1) is 20.2. The second kappa shape index (κ2) is 8.24. The molecule has 0 saturated carbocycles. The minimum Gasteiger partial charge on any atom is -0.373 e. The molecule has 3 rings (SSSR count). The van der Waals surface area contributed by atoms with E-state index in [9.17, 15) is 10.1 Å². The number of halogens is 1. The van der Waals surface area contributed by atoms with Crippen molar-refractivity contribution < 1.29 is 4.79 Å². The highest BCUT2D eigenvalue weighted by atomic mass is 35.5. The SMILES string of the molecule is Cc1ccc(C2C=C(CC(C)(C)CC=O)NC3=CCC(C#N)C=C3N2)c(Cl)c1. The summed E-state index contributed by atoms with van der Waals surface area (Å²) in [6.45, 7) is 6.20. The molecule has 0 bridgehead atoms. The van der Waals surface area contributed by atoms with E-state index in [-0.39, 0.29) is 17.4 Å². The van der Waals surface area contributed by atoms with Gasteiger partial charge in [-0.1, -0.05) is 43.7 Å². The van der Waals surface area contributed by atoms with E-state index in [0.29, 0.717) is 17.9 Å². The first-order valence-electron chi connectivity index (χ1n) is 9.57. The zero-order valence-corrected chi connectivity index (χ0v) is 17.3. The van der Waals surface area contributed by atoms with Crippen molar-refractivity contribution in [1.29, 1.82) is 5.26 Å². The molecular weight excluding hydrogens is 370 g/mol. The maximum atomic E-state index is 11.1. The van der Waals surface area contributed by atoms with Gasteiger partial charge in [0.25, 0.3) is 0 Å². The number of allylic oxidation sites excluding steroid dienone is 3. The second-order valence-corrected chi connectivity index (χ2v) is 8.75. The van der Waals surface area contributed by atoms with E-state index in [1.54, 1.807) is 0 Å². The number of hydrogen-bond donors (Lipinski definition) is 2. The normalized spacial score (nSPS) is 21.6. The summed E-state index contributed by atoms with van der Waals surface area (Å²) >= 11 is 6.56. The highest BCUT2D eigenvalue weighted by molar-refractivity contribution is 6.31. The van der Waals surface area contributed by atoms with E-state index in [1.807, 2.05) is 25.1 Å². The van der Waals surface area contributed by atoms with Crippen LogP contribution in [0.3, 0.4) is 0 Å². The van der Waals surface area contributed by atoms with E-state index >= 15 is 0 Å². The molecule has 5 heteroatoms. The average Bonchev–Trinajstić information content (AvgIpc) is 2.79. The molecule has 0 amide bonds. The zero-order chi connectivity index (χ0) is 20.3. The maximum absolute atomic E-state index is 11.1. The summed E-state index contributed by atoms with van der Waals surface area (Å²) in [6, 6.07) is 8.25. The van der Waals surface area contributed by atoms with Gasteiger partial charge < -0.3 is 15.4 Å². The van der Waals surface area contributed by atoms with Gasteiger partial charge in [0, 0.05) is 17.1 Å². The van der Waals surface area contributed by atoms with Gasteiger partial charge in [-0.2, -0.15) is 5.26 Å². The van der Waals surface area contributed by atoms with Gasteiger partial charge in [0.15, 0.2) is 0 Å². The quantitative estimate of drug-likeness (QED) is 0.682. The Hall–Kier alpha value is -2.51. The lowest BCUT2D eigenvalue weighted by Crippen LogP contribution is -2.25. The lowest BCUT2D eigenvalue weighted by Gasteiger charge is -2.25. The van der Waals surface area contributed by atoms with Crippen LogP contribution >= 0.6 is 11.6 Å². The van der Waals surface area contributed by atoms with Gasteiger partial charge in [-0.3, -0.25) is 0 Å². The molecule has 2 unspecified atom stereocenters. The van der Waals surface area contributed by atoms with Crippen LogP contribution in [0.15, 0.2) is 53.5 Å². The molecule has 0 radical (unpaired) electrons. The third kappa shape index (κ3) is 4.66. The van der Waals surface area contributed by atoms with Crippen LogP contribution in [0, 0.1) is 29.6 Å². The zero-order valence-electron chi connectivity index (χ0n) is 16.6. The topological polar surface area (TPSA) is 64.9 Å². The third-order valence-corrected chi connectivity index (χ3v) is 5.50. The van der Waals surface area contributed by atoms with Crippen LogP contribution < -0.4 is 10.6 Å². The number of nitriles is 1. The molecule has 0 fully saturated rings. The molecule has 1 aromatic rings. The van der Waals surface area contributed by atoms with Crippen molar-refractivity contribution in [3.63, 3.8) is 0 Å². The second-order valence-electron chi connectivity index (χ2n) is 8.35. The van der Waals surface area contributed by atoms with E-state index in [1.165, 1.54) is 0 Å². The van der Waals surface area contributed by atoms with Gasteiger partial charge in [-0.15, -0.1) is 0 Å². The predicted octanol–water partition coefficient (Wildman–Crippen LogP) is 5.08. The van der Waals surface area contributed by atoms with Crippen LogP contribution in [0.2, 0.25) is 5.02 Å². The van der Waals surface area contributed by atoms with Crippen LogP contribution in [0.4, 0.5) is 0 Å². The van der Waals surface area contributed by atoms with Crippen molar-refractivity contribution >= 4 is 17.9 Å². The summed E-state index contributed by atoms with van der Waals surface area (Å²) in [5.74, 6) is -0.143. The average molecular weight is 396 g/mol. The molecule has 28 heavy (non-hydrogen) atoms. The number of carbonyl (C=O) groups excluding carboxylic acids is 1. The summed E-state index contributed by atoms with van der Waals surface area (Å²) in [4.78, 5) is 11.1. The number of nitrogens with zero attached hydrogens (tertiary/aromatic N) is 1. The van der Waals surface area contributed by atoms with Gasteiger partial charge >= 0.3 is 0 Å². The number of nitrogens with one attached hydrogen (secondary N) is 2. The number of fused-ring (bicyclic) bond motifs is 1. The van der Waals surface area contributed by atoms with E-state index in [4.69, 9.17) is 11.6 Å². The summed E-state index contributed by atoms with van der Waals surface area (Å²) in [6.07, 6.45) is 9.08. The van der Waals surface area contributed by atoms with Gasteiger partial charge in [-0.25, -0.2) is 0 Å². The Bertz CT molecular complexity index is 905. The van der Waals surface area contributed by atoms with Crippen LogP contribution in [0.25, 0.3) is 0 Å². The van der Waals surface area contributed by atoms with Gasteiger partial charge in [0.1, 0.15) is 6.29 Å². The fourth-order valence-electron chi connectivity index (χ4n) is 3.64. The third-order valence-electron chi connectivity index (χ3n) is 5.17. The highest BCUT2D eigenvalue weighted by Gasteiger charge is 2.27. The smallest absolute Gasteiger partial charge is 0.120 e. The lowest BCUT2D eigenvalue weighted by atomic mass is 9.84. The van der Waals surface area contributed by atoms with Gasteiger partial charge in [0.2, 0.25) is 0 Å². The molecular formula is C23H26ClN3O. The minimum absolute atomic E-state index is 0.128. The highest BCUT2D eigenvalue weighted by Crippen LogP contribution is 2.35. The first-order chi connectivity index (χ1) is 13.3. The molecule has 0 aromatic heterocycles. The Kier molecular flexibility index (Phi) is 5.96. The number of benzene rings is 1. The van der Waals surface area contributed by atoms with Crippen molar-refractivity contribution in [2.24, 2.45) is 11.3 Å². The van der Waals surface area contributed by atoms with Crippen molar-refractivity contribution in [3.8, 4) is 6.07 Å². The van der Waals surface area contributed by atoms with Gasteiger partial charge in [0.05, 0.1) is 29.4 Å². The number of rotatable bonds is 5. The molecule has 2 aliphatic rings. The van der Waals surface area contributed by atoms with Crippen LogP contribution in [0.5, 0.6) is 0 Å². The molecule has 1 aliphatic heterocycles. The summed E-state index contributed by atoms with van der Waals surface area (Å²) in [7, 11) is 0. The molecule has 0 saturated heterocycles. The van der Waals surface area contributed by atoms with Crippen LogP contribution in [-0.4, -0.2) is 6.29 Å². The van der Waals surface area contributed by atoms with Crippen molar-refractivity contribution in [2.75, 3.05) is 0 Å². The fraction of sp³-hybridized carbons (Fsp3) is 0.391. The maximum Gasteiger partial charge on any atom is 0.120 e. The molecule has 4 nitrogen and oxygen atoms in total. The lowest BCUT2D eigenvalue weighted by molar-refractivity contribution is -0.109. The molecule has 1 aliphatic carbocycles. The molecule has 146 valence electrons. The monoisotopic (exact) mass is 395 g/mol. The van der Waals surface area contributed by atoms with Gasteiger partial charge in [-0.05, 0) is 54.5 Å². The minimum atomic E-state index is -0.152. The standard InChI is InChI=1S/C23H26ClN3O/c1-15-4-6-18(19(24)10-15)21-12-17(13-23(2,3)8-9-28)26-20-7-5-16(14-25)11-22(20)27-21/h4,6-7,9-12,16,21,26-27H,5,8,13H2,1-3H3. The first-order valence-corrected chi connectivity index (χ1v) is 9.95. The largest absolute Gasteiger partial charge is 0.373 e. The number of aldehydes is 1. The number of carbonyl (C=O) groups is 1. The van der Waals surface area contributed by atoms with Crippen LogP contribution in [-0.2, 0) is 4.79 Å². The Morgan fingerprint density at radius 3 is 2.79 bits per heavy atom. The van der Waals surface area contributed by atoms with Crippen LogP contribution in [0.1, 0.15) is 50.3 Å². The van der Waals surface area contributed by atoms with Crippen molar-refractivity contribution in [3.05, 3.63) is 69.7 Å². The Balaban J connectivity index is 2.01. The Morgan fingerprint density at radius 1 is 1.32 bits per heavy atom. The number of hydrogen-bond acceptors (Lipinski definition) is 4. The summed E-state index contributed by atoms with van der Waals surface area (Å²) in [5, 5.41) is 17.1. The summed E-state index contributed by atoms with van der Waals surface area (Å²) < 4.78 is 0. The molecule has 1 heterocycles. The molecule has 2 N–H and O–H groups in total. The van der Waals surface area contributed by atoms with E-state index < -0.39 is 0 Å².